The van der Waals surface area contributed by atoms with Crippen LogP contribution in [0.3, 0.4) is 0 Å². The molecule has 1 aliphatic heterocycles. The number of methoxy groups -OCH3 is 1. The number of carbonyl (C=O) groups is 1. The van der Waals surface area contributed by atoms with E-state index in [1.54, 1.807) is 19.1 Å². The quantitative estimate of drug-likeness (QED) is 0.822. The fourth-order valence-corrected chi connectivity index (χ4v) is 2.88. The Labute approximate surface area is 147 Å². The smallest absolute Gasteiger partial charge is 0.416 e. The maximum Gasteiger partial charge on any atom is 0.416 e. The van der Waals surface area contributed by atoms with Crippen molar-refractivity contribution in [1.29, 1.82) is 0 Å². The lowest BCUT2D eigenvalue weighted by molar-refractivity contribution is -0.137. The van der Waals surface area contributed by atoms with Gasteiger partial charge in [-0.3, -0.25) is 9.69 Å². The van der Waals surface area contributed by atoms with E-state index < -0.39 is 17.8 Å². The highest BCUT2D eigenvalue weighted by Gasteiger charge is 2.36. The summed E-state index contributed by atoms with van der Waals surface area (Å²) in [6, 6.07) is 7.22. The van der Waals surface area contributed by atoms with Gasteiger partial charge in [-0.25, -0.2) is 0 Å². The van der Waals surface area contributed by atoms with E-state index in [2.05, 4.69) is 5.32 Å². The molecular formula is C17H14ClF3N2O2. The summed E-state index contributed by atoms with van der Waals surface area (Å²) in [6.45, 7) is 1.58. The molecule has 25 heavy (non-hydrogen) atoms. The van der Waals surface area contributed by atoms with Gasteiger partial charge in [0.25, 0.3) is 5.91 Å². The van der Waals surface area contributed by atoms with E-state index in [9.17, 15) is 18.0 Å². The zero-order chi connectivity index (χ0) is 18.4. The minimum Gasteiger partial charge on any atom is -0.495 e. The number of rotatable bonds is 2. The summed E-state index contributed by atoms with van der Waals surface area (Å²) < 4.78 is 44.2. The molecule has 1 heterocycles. The Bertz CT molecular complexity index is 839. The predicted octanol–water partition coefficient (Wildman–Crippen LogP) is 4.85. The van der Waals surface area contributed by atoms with Crippen molar-refractivity contribution >= 4 is 34.6 Å². The van der Waals surface area contributed by atoms with E-state index in [1.165, 1.54) is 24.1 Å². The number of benzene rings is 2. The highest BCUT2D eigenvalue weighted by atomic mass is 35.5. The number of hydrogen-bond donors (Lipinski definition) is 1. The summed E-state index contributed by atoms with van der Waals surface area (Å²) in [4.78, 5) is 14.0. The summed E-state index contributed by atoms with van der Waals surface area (Å²) in [5.74, 6) is 0.0607. The highest BCUT2D eigenvalue weighted by Crippen LogP contribution is 2.44. The molecule has 8 heteroatoms. The van der Waals surface area contributed by atoms with Gasteiger partial charge in [-0.05, 0) is 43.3 Å². The van der Waals surface area contributed by atoms with Gasteiger partial charge in [-0.2, -0.15) is 13.2 Å². The zero-order valence-electron chi connectivity index (χ0n) is 13.3. The normalized spacial score (nSPS) is 17.1. The highest BCUT2D eigenvalue weighted by molar-refractivity contribution is 6.31. The average molecular weight is 371 g/mol. The molecule has 2 aromatic carbocycles. The molecule has 0 spiro atoms. The Balaban J connectivity index is 2.19. The van der Waals surface area contributed by atoms with Gasteiger partial charge >= 0.3 is 6.18 Å². The Kier molecular flexibility index (Phi) is 4.28. The number of carbonyl (C=O) groups excluding carboxylic acids is 1. The molecular weight excluding hydrogens is 357 g/mol. The molecule has 0 aliphatic carbocycles. The monoisotopic (exact) mass is 370 g/mol. The van der Waals surface area contributed by atoms with Crippen LogP contribution in [0.4, 0.5) is 30.2 Å². The van der Waals surface area contributed by atoms with Gasteiger partial charge in [0.05, 0.1) is 29.7 Å². The number of nitrogens with zero attached hydrogens (tertiary/aromatic N) is 1. The van der Waals surface area contributed by atoms with Crippen LogP contribution in [0.15, 0.2) is 36.4 Å². The second kappa shape index (κ2) is 6.15. The van der Waals surface area contributed by atoms with Crippen LogP contribution in [0.5, 0.6) is 5.75 Å². The molecule has 0 saturated heterocycles. The summed E-state index contributed by atoms with van der Waals surface area (Å²) in [6.07, 6.45) is -4.47. The molecule has 4 nitrogen and oxygen atoms in total. The Hall–Kier alpha value is -2.41. The van der Waals surface area contributed by atoms with Gasteiger partial charge in [0.15, 0.2) is 0 Å². The molecule has 0 aromatic heterocycles. The number of amides is 1. The van der Waals surface area contributed by atoms with E-state index in [0.717, 1.165) is 12.1 Å². The number of nitrogens with one attached hydrogen (secondary N) is 1. The number of fused-ring (bicyclic) bond motifs is 1. The third-order valence-electron chi connectivity index (χ3n) is 3.91. The number of halogens is 4. The van der Waals surface area contributed by atoms with Gasteiger partial charge in [0, 0.05) is 5.02 Å². The van der Waals surface area contributed by atoms with Crippen LogP contribution >= 0.6 is 11.6 Å². The third kappa shape index (κ3) is 3.11. The van der Waals surface area contributed by atoms with Gasteiger partial charge in [0.2, 0.25) is 0 Å². The van der Waals surface area contributed by atoms with Crippen molar-refractivity contribution in [3.05, 3.63) is 47.0 Å². The third-order valence-corrected chi connectivity index (χ3v) is 4.14. The first-order valence-electron chi connectivity index (χ1n) is 7.37. The molecule has 0 fully saturated rings. The van der Waals surface area contributed by atoms with Crippen LogP contribution in [0.1, 0.15) is 12.5 Å². The lowest BCUT2D eigenvalue weighted by Crippen LogP contribution is -2.43. The van der Waals surface area contributed by atoms with E-state index >= 15 is 0 Å². The number of hydrogen-bond acceptors (Lipinski definition) is 3. The van der Waals surface area contributed by atoms with Crippen LogP contribution < -0.4 is 15.0 Å². The van der Waals surface area contributed by atoms with E-state index in [1.807, 2.05) is 0 Å². The molecule has 0 bridgehead atoms. The molecule has 1 unspecified atom stereocenters. The van der Waals surface area contributed by atoms with Crippen molar-refractivity contribution in [3.63, 3.8) is 0 Å². The van der Waals surface area contributed by atoms with Gasteiger partial charge in [-0.1, -0.05) is 11.6 Å². The van der Waals surface area contributed by atoms with Crippen LogP contribution in [0.25, 0.3) is 0 Å². The van der Waals surface area contributed by atoms with Crippen LogP contribution in [0, 0.1) is 0 Å². The summed E-state index contributed by atoms with van der Waals surface area (Å²) in [5, 5.41) is 3.19. The first kappa shape index (κ1) is 17.4. The molecule has 1 amide bonds. The predicted molar refractivity (Wildman–Crippen MR) is 89.7 cm³/mol. The number of alkyl halides is 3. The van der Waals surface area contributed by atoms with Crippen molar-refractivity contribution in [1.82, 2.24) is 0 Å². The minimum absolute atomic E-state index is 0.212. The maximum atomic E-state index is 13.0. The van der Waals surface area contributed by atoms with Crippen molar-refractivity contribution in [2.24, 2.45) is 0 Å². The SMILES string of the molecule is COc1ccc(Cl)cc1N1C(=O)C(C)Nc2cc(C(F)(F)F)ccc21. The van der Waals surface area contributed by atoms with E-state index in [4.69, 9.17) is 16.3 Å². The first-order valence-corrected chi connectivity index (χ1v) is 7.75. The summed E-state index contributed by atoms with van der Waals surface area (Å²) in [7, 11) is 1.44. The average Bonchev–Trinajstić information content (AvgIpc) is 2.54. The summed E-state index contributed by atoms with van der Waals surface area (Å²) in [5.41, 5.74) is 0.0910. The molecule has 2 aromatic rings. The molecule has 1 atom stereocenters. The van der Waals surface area contributed by atoms with E-state index in [-0.39, 0.29) is 11.6 Å². The second-order valence-corrected chi connectivity index (χ2v) is 6.02. The summed E-state index contributed by atoms with van der Waals surface area (Å²) >= 11 is 6.03. The fraction of sp³-hybridized carbons (Fsp3) is 0.235. The maximum absolute atomic E-state index is 13.0. The molecule has 1 aliphatic rings. The number of ether oxygens (including phenoxy) is 1. The standard InChI is InChI=1S/C17H14ClF3N2O2/c1-9-16(24)23(14-8-11(18)4-6-15(14)25-2)13-5-3-10(17(19,20)21)7-12(13)22-9/h3-9,22H,1-2H3. The van der Waals surface area contributed by atoms with E-state index in [0.29, 0.717) is 22.1 Å². The van der Waals surface area contributed by atoms with Gasteiger partial charge in [0.1, 0.15) is 11.8 Å². The Morgan fingerprint density at radius 3 is 2.52 bits per heavy atom. The van der Waals surface area contributed by atoms with Crippen molar-refractivity contribution < 1.29 is 22.7 Å². The largest absolute Gasteiger partial charge is 0.495 e. The lowest BCUT2D eigenvalue weighted by Gasteiger charge is -2.35. The van der Waals surface area contributed by atoms with Crippen molar-refractivity contribution in [2.45, 2.75) is 19.1 Å². The van der Waals surface area contributed by atoms with Gasteiger partial charge < -0.3 is 10.1 Å². The topological polar surface area (TPSA) is 41.6 Å². The molecule has 0 saturated carbocycles. The van der Waals surface area contributed by atoms with Crippen LogP contribution in [-0.2, 0) is 11.0 Å². The fourth-order valence-electron chi connectivity index (χ4n) is 2.72. The zero-order valence-corrected chi connectivity index (χ0v) is 14.1. The number of anilines is 3. The molecule has 132 valence electrons. The Morgan fingerprint density at radius 2 is 1.88 bits per heavy atom. The van der Waals surface area contributed by atoms with Crippen molar-refractivity contribution in [2.75, 3.05) is 17.3 Å². The minimum atomic E-state index is -4.47. The van der Waals surface area contributed by atoms with Crippen molar-refractivity contribution in [3.8, 4) is 5.75 Å². The molecule has 1 N–H and O–H groups in total. The molecule has 3 rings (SSSR count). The van der Waals surface area contributed by atoms with Crippen LogP contribution in [0.2, 0.25) is 5.02 Å². The molecule has 0 radical (unpaired) electrons. The first-order chi connectivity index (χ1) is 11.7. The second-order valence-electron chi connectivity index (χ2n) is 5.59. The Morgan fingerprint density at radius 1 is 1.16 bits per heavy atom. The van der Waals surface area contributed by atoms with Crippen LogP contribution in [-0.4, -0.2) is 19.1 Å². The van der Waals surface area contributed by atoms with Gasteiger partial charge in [-0.15, -0.1) is 0 Å². The lowest BCUT2D eigenvalue weighted by atomic mass is 10.1.